The Bertz CT molecular complexity index is 442. The number of rotatable bonds is 8. The second kappa shape index (κ2) is 10.9. The average Bonchev–Trinajstić information content (AvgIpc) is 2.67. The van der Waals surface area contributed by atoms with E-state index in [1.54, 1.807) is 0 Å². The lowest BCUT2D eigenvalue weighted by molar-refractivity contribution is -0.140. The topological polar surface area (TPSA) is 53.1 Å². The third-order valence-electron chi connectivity index (χ3n) is 6.07. The van der Waals surface area contributed by atoms with Crippen LogP contribution in [0.4, 0.5) is 0 Å². The highest BCUT2D eigenvalue weighted by atomic mass is 16.5. The second-order valence-corrected chi connectivity index (χ2v) is 7.88. The Hall–Kier alpha value is -1.14. The molecule has 0 unspecified atom stereocenters. The van der Waals surface area contributed by atoms with E-state index in [2.05, 4.69) is 21.6 Å². The average molecular weight is 368 g/mol. The lowest BCUT2D eigenvalue weighted by Crippen LogP contribution is -2.48. The molecular formula is C20H37N3O3. The minimum atomic E-state index is -0.234. The molecule has 2 fully saturated rings. The highest BCUT2D eigenvalue weighted by Gasteiger charge is 2.28. The van der Waals surface area contributed by atoms with Gasteiger partial charge in [0.1, 0.15) is 0 Å². The number of amides is 1. The van der Waals surface area contributed by atoms with Gasteiger partial charge in [-0.15, -0.1) is 0 Å². The SMILES string of the molecule is CCN(CC1CCN(C2CCN(C)CC2)CC1)C(=O)CCCC(=O)OC. The molecule has 2 aliphatic heterocycles. The second-order valence-electron chi connectivity index (χ2n) is 7.88. The van der Waals surface area contributed by atoms with Gasteiger partial charge in [-0.25, -0.2) is 0 Å². The van der Waals surface area contributed by atoms with Gasteiger partial charge in [-0.3, -0.25) is 9.59 Å². The van der Waals surface area contributed by atoms with Crippen molar-refractivity contribution < 1.29 is 14.3 Å². The predicted molar refractivity (Wildman–Crippen MR) is 103 cm³/mol. The van der Waals surface area contributed by atoms with Gasteiger partial charge in [0.2, 0.25) is 5.91 Å². The smallest absolute Gasteiger partial charge is 0.305 e. The first-order chi connectivity index (χ1) is 12.5. The van der Waals surface area contributed by atoms with Crippen LogP contribution in [0.3, 0.4) is 0 Å². The van der Waals surface area contributed by atoms with Crippen LogP contribution in [0.2, 0.25) is 0 Å². The number of esters is 1. The van der Waals surface area contributed by atoms with E-state index >= 15 is 0 Å². The molecule has 1 amide bonds. The van der Waals surface area contributed by atoms with Gasteiger partial charge in [-0.1, -0.05) is 0 Å². The van der Waals surface area contributed by atoms with Crippen LogP contribution < -0.4 is 0 Å². The van der Waals surface area contributed by atoms with E-state index in [9.17, 15) is 9.59 Å². The summed E-state index contributed by atoms with van der Waals surface area (Å²) in [6.45, 7) is 8.45. The minimum absolute atomic E-state index is 0.175. The summed E-state index contributed by atoms with van der Waals surface area (Å²) in [7, 11) is 3.60. The van der Waals surface area contributed by atoms with Crippen molar-refractivity contribution in [2.45, 2.75) is 57.9 Å². The number of hydrogen-bond acceptors (Lipinski definition) is 5. The molecule has 0 saturated carbocycles. The Kier molecular flexibility index (Phi) is 8.85. The van der Waals surface area contributed by atoms with E-state index in [0.29, 0.717) is 25.2 Å². The van der Waals surface area contributed by atoms with Gasteiger partial charge in [0.25, 0.3) is 0 Å². The van der Waals surface area contributed by atoms with E-state index in [-0.39, 0.29) is 11.9 Å². The van der Waals surface area contributed by atoms with Crippen molar-refractivity contribution in [2.24, 2.45) is 5.92 Å². The fourth-order valence-electron chi connectivity index (χ4n) is 4.22. The highest BCUT2D eigenvalue weighted by Crippen LogP contribution is 2.24. The molecule has 0 N–H and O–H groups in total. The van der Waals surface area contributed by atoms with Crippen molar-refractivity contribution in [1.29, 1.82) is 0 Å². The zero-order chi connectivity index (χ0) is 18.9. The van der Waals surface area contributed by atoms with Crippen LogP contribution in [0.15, 0.2) is 0 Å². The van der Waals surface area contributed by atoms with Crippen LogP contribution in [-0.4, -0.2) is 86.0 Å². The van der Waals surface area contributed by atoms with Crippen molar-refractivity contribution in [3.63, 3.8) is 0 Å². The number of hydrogen-bond donors (Lipinski definition) is 0. The Morgan fingerprint density at radius 1 is 1.04 bits per heavy atom. The predicted octanol–water partition coefficient (Wildman–Crippen LogP) is 1.98. The number of nitrogens with zero attached hydrogens (tertiary/aromatic N) is 3. The molecule has 0 atom stereocenters. The molecular weight excluding hydrogens is 330 g/mol. The van der Waals surface area contributed by atoms with Crippen LogP contribution in [0.25, 0.3) is 0 Å². The monoisotopic (exact) mass is 367 g/mol. The Labute approximate surface area is 158 Å². The summed E-state index contributed by atoms with van der Waals surface area (Å²) in [5.41, 5.74) is 0. The van der Waals surface area contributed by atoms with Gasteiger partial charge in [0, 0.05) is 32.0 Å². The number of carbonyl (C=O) groups is 2. The molecule has 0 bridgehead atoms. The third-order valence-corrected chi connectivity index (χ3v) is 6.07. The molecule has 6 nitrogen and oxygen atoms in total. The van der Waals surface area contributed by atoms with E-state index in [0.717, 1.165) is 19.1 Å². The number of ether oxygens (including phenoxy) is 1. The normalized spacial score (nSPS) is 20.9. The molecule has 2 heterocycles. The van der Waals surface area contributed by atoms with Crippen LogP contribution in [-0.2, 0) is 14.3 Å². The standard InChI is InChI=1S/C20H37N3O3/c1-4-22(19(24)6-5-7-20(25)26-3)16-17-8-14-23(15-9-17)18-10-12-21(2)13-11-18/h17-18H,4-16H2,1-3H3. The number of carbonyl (C=O) groups excluding carboxylic acids is 2. The number of likely N-dealkylation sites (tertiary alicyclic amines) is 2. The fourth-order valence-corrected chi connectivity index (χ4v) is 4.22. The summed E-state index contributed by atoms with van der Waals surface area (Å²) in [5.74, 6) is 0.554. The van der Waals surface area contributed by atoms with Crippen LogP contribution in [0, 0.1) is 5.92 Å². The highest BCUT2D eigenvalue weighted by molar-refractivity contribution is 5.77. The minimum Gasteiger partial charge on any atom is -0.469 e. The lowest BCUT2D eigenvalue weighted by atomic mass is 9.93. The first-order valence-corrected chi connectivity index (χ1v) is 10.3. The van der Waals surface area contributed by atoms with Gasteiger partial charge in [-0.05, 0) is 78.2 Å². The molecule has 0 spiro atoms. The fraction of sp³-hybridized carbons (Fsp3) is 0.900. The maximum absolute atomic E-state index is 12.4. The molecule has 0 aromatic carbocycles. The van der Waals surface area contributed by atoms with Crippen molar-refractivity contribution >= 4 is 11.9 Å². The van der Waals surface area contributed by atoms with E-state index in [1.165, 1.54) is 59.0 Å². The molecule has 26 heavy (non-hydrogen) atoms. The van der Waals surface area contributed by atoms with Gasteiger partial charge in [0.05, 0.1) is 7.11 Å². The number of methoxy groups -OCH3 is 1. The molecule has 2 rings (SSSR count). The largest absolute Gasteiger partial charge is 0.469 e. The summed E-state index contributed by atoms with van der Waals surface area (Å²) < 4.78 is 4.64. The molecule has 2 saturated heterocycles. The molecule has 0 aromatic rings. The van der Waals surface area contributed by atoms with Gasteiger partial charge in [0.15, 0.2) is 0 Å². The van der Waals surface area contributed by atoms with Crippen molar-refractivity contribution in [3.8, 4) is 0 Å². The Balaban J connectivity index is 1.69. The molecule has 2 aliphatic rings. The molecule has 0 aromatic heterocycles. The molecule has 0 radical (unpaired) electrons. The lowest BCUT2D eigenvalue weighted by Gasteiger charge is -2.41. The van der Waals surface area contributed by atoms with Crippen molar-refractivity contribution in [1.82, 2.24) is 14.7 Å². The van der Waals surface area contributed by atoms with Crippen molar-refractivity contribution in [3.05, 3.63) is 0 Å². The quantitative estimate of drug-likeness (QED) is 0.614. The van der Waals surface area contributed by atoms with Crippen LogP contribution in [0.1, 0.15) is 51.9 Å². The zero-order valence-electron chi connectivity index (χ0n) is 16.9. The third kappa shape index (κ3) is 6.54. The van der Waals surface area contributed by atoms with E-state index in [4.69, 9.17) is 0 Å². The molecule has 6 heteroatoms. The first-order valence-electron chi connectivity index (χ1n) is 10.3. The zero-order valence-corrected chi connectivity index (χ0v) is 16.9. The maximum Gasteiger partial charge on any atom is 0.305 e. The summed E-state index contributed by atoms with van der Waals surface area (Å²) in [4.78, 5) is 30.7. The van der Waals surface area contributed by atoms with E-state index in [1.807, 2.05) is 11.8 Å². The summed E-state index contributed by atoms with van der Waals surface area (Å²) >= 11 is 0. The maximum atomic E-state index is 12.4. The molecule has 150 valence electrons. The summed E-state index contributed by atoms with van der Waals surface area (Å²) in [6.07, 6.45) is 6.32. The first kappa shape index (κ1) is 21.2. The van der Waals surface area contributed by atoms with Crippen LogP contribution >= 0.6 is 0 Å². The Morgan fingerprint density at radius 3 is 2.27 bits per heavy atom. The Morgan fingerprint density at radius 2 is 1.69 bits per heavy atom. The van der Waals surface area contributed by atoms with Crippen LogP contribution in [0.5, 0.6) is 0 Å². The number of piperidine rings is 2. The van der Waals surface area contributed by atoms with Crippen molar-refractivity contribution in [2.75, 3.05) is 53.4 Å². The van der Waals surface area contributed by atoms with Gasteiger partial charge in [-0.2, -0.15) is 0 Å². The van der Waals surface area contributed by atoms with Gasteiger partial charge >= 0.3 is 5.97 Å². The van der Waals surface area contributed by atoms with Gasteiger partial charge < -0.3 is 19.4 Å². The summed E-state index contributed by atoms with van der Waals surface area (Å²) in [5, 5.41) is 0. The summed E-state index contributed by atoms with van der Waals surface area (Å²) in [6, 6.07) is 0.759. The molecule has 0 aliphatic carbocycles. The van der Waals surface area contributed by atoms with E-state index < -0.39 is 0 Å².